The van der Waals surface area contributed by atoms with Gasteiger partial charge in [0, 0.05) is 6.04 Å². The van der Waals surface area contributed by atoms with Gasteiger partial charge in [-0.15, -0.1) is 0 Å². The summed E-state index contributed by atoms with van der Waals surface area (Å²) in [4.78, 5) is 0. The minimum atomic E-state index is 0.417. The number of hydrogen-bond donors (Lipinski definition) is 1. The lowest BCUT2D eigenvalue weighted by molar-refractivity contribution is -0.0237. The van der Waals surface area contributed by atoms with Crippen molar-refractivity contribution in [1.29, 1.82) is 0 Å². The Balaban J connectivity index is 1.85. The van der Waals surface area contributed by atoms with Gasteiger partial charge >= 0.3 is 0 Å². The number of nitrogens with two attached hydrogens (primary N) is 1. The highest BCUT2D eigenvalue weighted by Crippen LogP contribution is 2.54. The van der Waals surface area contributed by atoms with Crippen LogP contribution < -0.4 is 5.73 Å². The highest BCUT2D eigenvalue weighted by molar-refractivity contribution is 5.28. The van der Waals surface area contributed by atoms with E-state index in [9.17, 15) is 0 Å². The van der Waals surface area contributed by atoms with E-state index in [1.54, 1.807) is 22.3 Å². The number of rotatable bonds is 19. The SMILES string of the molecule is CCCC(C)C(CC(CC)=C(CC1C(C)C(C)C1CCC1C(C)C(C)C1N)C(C)CC=C(C)C(C)CCc1ccccc1)=C(C)CC. The number of aryl methyl sites for hydroxylation is 1. The molecule has 2 N–H and O–H groups in total. The summed E-state index contributed by atoms with van der Waals surface area (Å²) in [6.07, 6.45) is 16.3. The standard InChI is InChI=1S/C46H77N/c1-13-19-33(7)43(30(4)14-2)28-40(15-3)44(34(8)23-22-31(5)32(6)24-25-39-20-17-16-18-21-39)29-45-36(10)35(9)41(45)26-27-42-37(11)38(12)46(42)47/h16-18,20-22,32-38,41-42,45-46H,13-15,19,23-29,47H2,1-12H3. The Kier molecular flexibility index (Phi) is 16.1. The molecule has 2 fully saturated rings. The van der Waals surface area contributed by atoms with Crippen molar-refractivity contribution >= 4 is 0 Å². The predicted molar refractivity (Wildman–Crippen MR) is 209 cm³/mol. The lowest BCUT2D eigenvalue weighted by Crippen LogP contribution is -2.54. The Hall–Kier alpha value is -1.60. The van der Waals surface area contributed by atoms with E-state index in [1.807, 2.05) is 5.57 Å². The molecule has 0 heterocycles. The van der Waals surface area contributed by atoms with Gasteiger partial charge in [0.25, 0.3) is 0 Å². The van der Waals surface area contributed by atoms with Crippen LogP contribution in [-0.2, 0) is 6.42 Å². The Morgan fingerprint density at radius 3 is 1.94 bits per heavy atom. The van der Waals surface area contributed by atoms with Crippen molar-refractivity contribution in [3.8, 4) is 0 Å². The molecule has 0 amide bonds. The third kappa shape index (κ3) is 10.2. The molecule has 0 saturated heterocycles. The van der Waals surface area contributed by atoms with Gasteiger partial charge in [-0.2, -0.15) is 0 Å². The maximum atomic E-state index is 6.62. The fraction of sp³-hybridized carbons (Fsp3) is 0.739. The Labute approximate surface area is 293 Å². The fourth-order valence-electron chi connectivity index (χ4n) is 9.59. The summed E-state index contributed by atoms with van der Waals surface area (Å²) in [5.41, 5.74) is 16.6. The fourth-order valence-corrected chi connectivity index (χ4v) is 9.59. The van der Waals surface area contributed by atoms with Crippen LogP contribution in [0.2, 0.25) is 0 Å². The van der Waals surface area contributed by atoms with Crippen molar-refractivity contribution in [2.75, 3.05) is 0 Å². The van der Waals surface area contributed by atoms with Crippen LogP contribution >= 0.6 is 0 Å². The summed E-state index contributed by atoms with van der Waals surface area (Å²) < 4.78 is 0. The Morgan fingerprint density at radius 2 is 1.34 bits per heavy atom. The number of allylic oxidation sites excluding steroid dienone is 6. The molecule has 0 spiro atoms. The molecule has 2 aliphatic rings. The zero-order valence-electron chi connectivity index (χ0n) is 33.2. The molecule has 3 rings (SSSR count). The van der Waals surface area contributed by atoms with Gasteiger partial charge in [0.1, 0.15) is 0 Å². The van der Waals surface area contributed by atoms with Crippen molar-refractivity contribution in [3.05, 3.63) is 69.8 Å². The molecule has 2 aliphatic carbocycles. The van der Waals surface area contributed by atoms with Gasteiger partial charge in [-0.1, -0.05) is 140 Å². The summed E-state index contributed by atoms with van der Waals surface area (Å²) in [5, 5.41) is 0. The first-order valence-corrected chi connectivity index (χ1v) is 20.2. The molecular formula is C46H77N. The molecule has 1 aromatic carbocycles. The van der Waals surface area contributed by atoms with Gasteiger partial charge in [-0.05, 0) is 143 Å². The van der Waals surface area contributed by atoms with Crippen LogP contribution in [0.4, 0.5) is 0 Å². The first kappa shape index (κ1) is 39.8. The molecule has 0 radical (unpaired) electrons. The topological polar surface area (TPSA) is 26.0 Å². The van der Waals surface area contributed by atoms with Gasteiger partial charge < -0.3 is 5.73 Å². The minimum absolute atomic E-state index is 0.417. The lowest BCUT2D eigenvalue weighted by atomic mass is 9.53. The van der Waals surface area contributed by atoms with E-state index in [-0.39, 0.29) is 0 Å². The molecule has 0 aromatic heterocycles. The second kappa shape index (κ2) is 19.0. The molecule has 1 heteroatoms. The van der Waals surface area contributed by atoms with E-state index in [2.05, 4.69) is 119 Å². The van der Waals surface area contributed by atoms with Crippen LogP contribution in [0.15, 0.2) is 64.3 Å². The maximum absolute atomic E-state index is 6.62. The molecule has 11 unspecified atom stereocenters. The van der Waals surface area contributed by atoms with E-state index in [4.69, 9.17) is 5.73 Å². The van der Waals surface area contributed by atoms with E-state index in [0.717, 1.165) is 41.9 Å². The monoisotopic (exact) mass is 644 g/mol. The summed E-state index contributed by atoms with van der Waals surface area (Å²) in [7, 11) is 0. The maximum Gasteiger partial charge on any atom is 0.00983 e. The van der Waals surface area contributed by atoms with Crippen molar-refractivity contribution < 1.29 is 0 Å². The first-order chi connectivity index (χ1) is 22.4. The van der Waals surface area contributed by atoms with Crippen molar-refractivity contribution in [2.24, 2.45) is 64.9 Å². The molecular weight excluding hydrogens is 567 g/mol. The largest absolute Gasteiger partial charge is 0.327 e. The molecule has 0 aliphatic heterocycles. The predicted octanol–water partition coefficient (Wildman–Crippen LogP) is 13.4. The summed E-state index contributed by atoms with van der Waals surface area (Å²) in [6.45, 7) is 29.4. The van der Waals surface area contributed by atoms with E-state index in [0.29, 0.717) is 29.7 Å². The smallest absolute Gasteiger partial charge is 0.00983 e. The minimum Gasteiger partial charge on any atom is -0.327 e. The van der Waals surface area contributed by atoms with E-state index in [1.165, 1.54) is 69.8 Å². The van der Waals surface area contributed by atoms with E-state index < -0.39 is 0 Å². The first-order valence-electron chi connectivity index (χ1n) is 20.2. The lowest BCUT2D eigenvalue weighted by Gasteiger charge is -2.53. The Morgan fingerprint density at radius 1 is 0.723 bits per heavy atom. The van der Waals surface area contributed by atoms with Gasteiger partial charge in [0.2, 0.25) is 0 Å². The van der Waals surface area contributed by atoms with Crippen LogP contribution in [0.1, 0.15) is 153 Å². The third-order valence-electron chi connectivity index (χ3n) is 14.2. The summed E-state index contributed by atoms with van der Waals surface area (Å²) in [6, 6.07) is 11.4. The zero-order valence-corrected chi connectivity index (χ0v) is 33.2. The van der Waals surface area contributed by atoms with Crippen molar-refractivity contribution in [1.82, 2.24) is 0 Å². The van der Waals surface area contributed by atoms with Crippen LogP contribution in [-0.4, -0.2) is 6.04 Å². The number of benzene rings is 1. The van der Waals surface area contributed by atoms with Crippen molar-refractivity contribution in [2.45, 2.75) is 160 Å². The second-order valence-corrected chi connectivity index (χ2v) is 16.8. The number of hydrogen-bond acceptors (Lipinski definition) is 1. The highest BCUT2D eigenvalue weighted by Gasteiger charge is 2.47. The van der Waals surface area contributed by atoms with Gasteiger partial charge in [-0.25, -0.2) is 0 Å². The Bertz CT molecular complexity index is 1160. The molecule has 47 heavy (non-hydrogen) atoms. The average molecular weight is 644 g/mol. The van der Waals surface area contributed by atoms with Gasteiger partial charge in [0.15, 0.2) is 0 Å². The van der Waals surface area contributed by atoms with Crippen LogP contribution in [0, 0.1) is 59.2 Å². The third-order valence-corrected chi connectivity index (χ3v) is 14.2. The summed E-state index contributed by atoms with van der Waals surface area (Å²) in [5.74, 6) is 7.42. The molecule has 11 atom stereocenters. The highest BCUT2D eigenvalue weighted by atomic mass is 14.7. The molecule has 266 valence electrons. The van der Waals surface area contributed by atoms with Crippen molar-refractivity contribution in [3.63, 3.8) is 0 Å². The average Bonchev–Trinajstić information content (AvgIpc) is 3.09. The molecule has 0 bridgehead atoms. The van der Waals surface area contributed by atoms with E-state index >= 15 is 0 Å². The molecule has 2 saturated carbocycles. The van der Waals surface area contributed by atoms with Gasteiger partial charge in [0.05, 0.1) is 0 Å². The normalized spacial score (nSPS) is 30.9. The quantitative estimate of drug-likeness (QED) is 0.149. The van der Waals surface area contributed by atoms with Crippen LogP contribution in [0.3, 0.4) is 0 Å². The van der Waals surface area contributed by atoms with Gasteiger partial charge in [-0.3, -0.25) is 0 Å². The zero-order chi connectivity index (χ0) is 34.8. The van der Waals surface area contributed by atoms with Crippen LogP contribution in [0.25, 0.3) is 0 Å². The summed E-state index contributed by atoms with van der Waals surface area (Å²) >= 11 is 0. The van der Waals surface area contributed by atoms with Crippen LogP contribution in [0.5, 0.6) is 0 Å². The molecule has 1 nitrogen and oxygen atoms in total. The second-order valence-electron chi connectivity index (χ2n) is 16.8. The molecule has 1 aromatic rings.